The highest BCUT2D eigenvalue weighted by atomic mass is 127. The third-order valence-corrected chi connectivity index (χ3v) is 6.66. The van der Waals surface area contributed by atoms with Crippen LogP contribution in [0.3, 0.4) is 0 Å². The van der Waals surface area contributed by atoms with Crippen molar-refractivity contribution in [3.8, 4) is 0 Å². The second-order valence-electron chi connectivity index (χ2n) is 8.60. The second-order valence-corrected chi connectivity index (χ2v) is 9.85. The number of β-amino-alcohol motifs (C(OH)–C–C–N with tert-alkyl or cyclic N) is 1. The van der Waals surface area contributed by atoms with Crippen LogP contribution in [0.1, 0.15) is 23.2 Å². The molecule has 2 aliphatic rings. The Balaban J connectivity index is 1.45. The summed E-state index contributed by atoms with van der Waals surface area (Å²) in [5.74, 6) is -3.82. The molecule has 1 unspecified atom stereocenters. The average molecular weight is 577 g/mol. The first-order valence-electron chi connectivity index (χ1n) is 10.4. The second kappa shape index (κ2) is 9.37. The summed E-state index contributed by atoms with van der Waals surface area (Å²) < 4.78 is 43.3. The lowest BCUT2D eigenvalue weighted by atomic mass is 9.92. The number of halogens is 4. The molecule has 178 valence electrons. The number of hydrogen-bond acceptors (Lipinski definition) is 6. The minimum atomic E-state index is -1.31. The number of aliphatic hydroxyl groups is 3. The number of aliphatic hydroxyl groups excluding tert-OH is 2. The van der Waals surface area contributed by atoms with Crippen LogP contribution in [0.4, 0.5) is 24.5 Å². The predicted octanol–water partition coefficient (Wildman–Crippen LogP) is 2.11. The van der Waals surface area contributed by atoms with Crippen molar-refractivity contribution in [1.82, 2.24) is 10.2 Å². The average Bonchev–Trinajstić information content (AvgIpc) is 3.06. The molecule has 0 spiro atoms. The van der Waals surface area contributed by atoms with Gasteiger partial charge in [0.25, 0.3) is 5.91 Å². The summed E-state index contributed by atoms with van der Waals surface area (Å²) in [5, 5.41) is 35.5. The van der Waals surface area contributed by atoms with Gasteiger partial charge in [-0.25, -0.2) is 13.2 Å². The molecule has 3 atom stereocenters. The Kier molecular flexibility index (Phi) is 6.87. The Bertz CT molecular complexity index is 1060. The molecule has 1 aliphatic carbocycles. The molecular formula is C22H23F3IN3O4. The van der Waals surface area contributed by atoms with Gasteiger partial charge in [-0.2, -0.15) is 0 Å². The molecule has 0 bridgehead atoms. The third-order valence-electron chi connectivity index (χ3n) is 5.99. The first-order chi connectivity index (χ1) is 15.6. The SMILES string of the molecule is O=C(c1ccc(F)c(F)c1Nc1ccc(I)cc1F)N1CC(O)(CNC2C[C@@H](O)[C@@H](O)C2)C1. The number of benzene rings is 2. The van der Waals surface area contributed by atoms with Gasteiger partial charge in [0.2, 0.25) is 0 Å². The van der Waals surface area contributed by atoms with Crippen molar-refractivity contribution in [2.24, 2.45) is 0 Å². The summed E-state index contributed by atoms with van der Waals surface area (Å²) in [7, 11) is 0. The van der Waals surface area contributed by atoms with Crippen LogP contribution >= 0.6 is 22.6 Å². The van der Waals surface area contributed by atoms with E-state index in [0.29, 0.717) is 16.4 Å². The van der Waals surface area contributed by atoms with Crippen LogP contribution in [-0.4, -0.2) is 69.6 Å². The minimum absolute atomic E-state index is 0.0486. The van der Waals surface area contributed by atoms with Gasteiger partial charge in [-0.15, -0.1) is 0 Å². The molecule has 7 nitrogen and oxygen atoms in total. The van der Waals surface area contributed by atoms with Crippen molar-refractivity contribution >= 4 is 39.9 Å². The normalized spacial score (nSPS) is 24.0. The standard InChI is InChI=1S/C22H23F3IN3O4/c23-14-3-2-13(20(19(14)25)28-16-4-1-11(26)5-15(16)24)21(32)29-9-22(33,10-29)8-27-12-6-17(30)18(31)7-12/h1-5,12,17-18,27-28,30-31,33H,6-10H2/t12?,17-,18+. The molecule has 1 heterocycles. The first-order valence-corrected chi connectivity index (χ1v) is 11.5. The fourth-order valence-corrected chi connectivity index (χ4v) is 4.61. The first kappa shape index (κ1) is 24.2. The van der Waals surface area contributed by atoms with Crippen molar-refractivity contribution in [2.75, 3.05) is 25.0 Å². The van der Waals surface area contributed by atoms with Gasteiger partial charge in [0.05, 0.1) is 42.2 Å². The van der Waals surface area contributed by atoms with Gasteiger partial charge in [0, 0.05) is 16.2 Å². The van der Waals surface area contributed by atoms with Gasteiger partial charge in [0.15, 0.2) is 11.6 Å². The topological polar surface area (TPSA) is 105 Å². The predicted molar refractivity (Wildman–Crippen MR) is 123 cm³/mol. The summed E-state index contributed by atoms with van der Waals surface area (Å²) in [5.41, 5.74) is -2.02. The number of rotatable bonds is 6. The summed E-state index contributed by atoms with van der Waals surface area (Å²) in [6.45, 7) is 0.0393. The van der Waals surface area contributed by atoms with Crippen LogP contribution in [0.15, 0.2) is 30.3 Å². The number of amides is 1. The molecule has 2 aromatic carbocycles. The summed E-state index contributed by atoms with van der Waals surface area (Å²) in [4.78, 5) is 14.3. The zero-order valence-electron chi connectivity index (χ0n) is 17.4. The molecule has 33 heavy (non-hydrogen) atoms. The smallest absolute Gasteiger partial charge is 0.256 e. The molecule has 1 aliphatic heterocycles. The van der Waals surface area contributed by atoms with Crippen molar-refractivity contribution < 1.29 is 33.3 Å². The van der Waals surface area contributed by atoms with E-state index in [0.717, 1.165) is 12.1 Å². The van der Waals surface area contributed by atoms with Gasteiger partial charge in [-0.1, -0.05) is 0 Å². The van der Waals surface area contributed by atoms with Crippen LogP contribution < -0.4 is 10.6 Å². The number of likely N-dealkylation sites (tertiary alicyclic amines) is 1. The maximum Gasteiger partial charge on any atom is 0.256 e. The molecular weight excluding hydrogens is 554 g/mol. The van der Waals surface area contributed by atoms with Gasteiger partial charge in [0.1, 0.15) is 11.4 Å². The number of nitrogens with one attached hydrogen (secondary N) is 2. The maximum atomic E-state index is 14.6. The highest BCUT2D eigenvalue weighted by Crippen LogP contribution is 2.32. The van der Waals surface area contributed by atoms with Crippen molar-refractivity contribution in [3.05, 3.63) is 56.9 Å². The Morgan fingerprint density at radius 1 is 1.09 bits per heavy atom. The van der Waals surface area contributed by atoms with Crippen molar-refractivity contribution in [1.29, 1.82) is 0 Å². The third kappa shape index (κ3) is 5.11. The Morgan fingerprint density at radius 3 is 2.39 bits per heavy atom. The number of carbonyl (C=O) groups excluding carboxylic acids is 1. The monoisotopic (exact) mass is 577 g/mol. The van der Waals surface area contributed by atoms with Crippen LogP contribution in [0.5, 0.6) is 0 Å². The fourth-order valence-electron chi connectivity index (χ4n) is 4.16. The van der Waals surface area contributed by atoms with E-state index >= 15 is 0 Å². The van der Waals surface area contributed by atoms with E-state index < -0.39 is 46.9 Å². The van der Waals surface area contributed by atoms with E-state index in [-0.39, 0.29) is 36.9 Å². The van der Waals surface area contributed by atoms with E-state index in [4.69, 9.17) is 0 Å². The molecule has 4 rings (SSSR count). The maximum absolute atomic E-state index is 14.6. The van der Waals surface area contributed by atoms with Crippen LogP contribution in [-0.2, 0) is 0 Å². The lowest BCUT2D eigenvalue weighted by Gasteiger charge is -2.47. The van der Waals surface area contributed by atoms with Gasteiger partial charge in [-0.05, 0) is 65.8 Å². The Morgan fingerprint density at radius 2 is 1.76 bits per heavy atom. The molecule has 2 fully saturated rings. The van der Waals surface area contributed by atoms with Gasteiger partial charge < -0.3 is 30.9 Å². The summed E-state index contributed by atoms with van der Waals surface area (Å²) in [6, 6.07) is 5.94. The Labute approximate surface area is 201 Å². The molecule has 1 saturated heterocycles. The van der Waals surface area contributed by atoms with E-state index in [1.807, 2.05) is 22.6 Å². The number of hydrogen-bond donors (Lipinski definition) is 5. The fraction of sp³-hybridized carbons (Fsp3) is 0.409. The van der Waals surface area contributed by atoms with Gasteiger partial charge >= 0.3 is 0 Å². The van der Waals surface area contributed by atoms with E-state index in [1.165, 1.54) is 17.0 Å². The summed E-state index contributed by atoms with van der Waals surface area (Å²) in [6.07, 6.45) is -0.903. The van der Waals surface area contributed by atoms with Gasteiger partial charge in [-0.3, -0.25) is 4.79 Å². The highest BCUT2D eigenvalue weighted by Gasteiger charge is 2.45. The lowest BCUT2D eigenvalue weighted by molar-refractivity contribution is -0.0798. The molecule has 2 aromatic rings. The molecule has 1 amide bonds. The molecule has 11 heteroatoms. The van der Waals surface area contributed by atoms with E-state index in [9.17, 15) is 33.3 Å². The molecule has 5 N–H and O–H groups in total. The van der Waals surface area contributed by atoms with Crippen LogP contribution in [0.25, 0.3) is 0 Å². The van der Waals surface area contributed by atoms with Crippen LogP contribution in [0.2, 0.25) is 0 Å². The number of nitrogens with zero attached hydrogens (tertiary/aromatic N) is 1. The molecule has 0 radical (unpaired) electrons. The van der Waals surface area contributed by atoms with Crippen molar-refractivity contribution in [3.63, 3.8) is 0 Å². The van der Waals surface area contributed by atoms with E-state index in [2.05, 4.69) is 10.6 Å². The number of anilines is 2. The number of carbonyl (C=O) groups is 1. The molecule has 0 aromatic heterocycles. The zero-order chi connectivity index (χ0) is 23.9. The quantitative estimate of drug-likeness (QED) is 0.337. The molecule has 1 saturated carbocycles. The largest absolute Gasteiger partial charge is 0.390 e. The Hall–Kier alpha value is -1.93. The summed E-state index contributed by atoms with van der Waals surface area (Å²) >= 11 is 1.91. The van der Waals surface area contributed by atoms with Crippen LogP contribution in [0, 0.1) is 21.0 Å². The minimum Gasteiger partial charge on any atom is -0.390 e. The lowest BCUT2D eigenvalue weighted by Crippen LogP contribution is -2.67. The zero-order valence-corrected chi connectivity index (χ0v) is 19.5. The van der Waals surface area contributed by atoms with E-state index in [1.54, 1.807) is 6.07 Å². The van der Waals surface area contributed by atoms with Crippen molar-refractivity contribution in [2.45, 2.75) is 36.7 Å². The highest BCUT2D eigenvalue weighted by molar-refractivity contribution is 14.1.